The SMILES string of the molecule is S=c1[nH]nc(-c2ccccc2Br)n1/N=C/c1ccccc1Cl. The summed E-state index contributed by atoms with van der Waals surface area (Å²) in [5.41, 5.74) is 1.71. The fourth-order valence-electron chi connectivity index (χ4n) is 1.92. The smallest absolute Gasteiger partial charge is 0.216 e. The molecule has 0 aliphatic carbocycles. The average Bonchev–Trinajstić information content (AvgIpc) is 2.88. The number of aromatic amines is 1. The van der Waals surface area contributed by atoms with Crippen LogP contribution in [0.3, 0.4) is 0 Å². The highest BCUT2D eigenvalue weighted by Crippen LogP contribution is 2.26. The maximum Gasteiger partial charge on any atom is 0.216 e. The molecule has 0 bridgehead atoms. The van der Waals surface area contributed by atoms with Crippen LogP contribution < -0.4 is 0 Å². The van der Waals surface area contributed by atoms with Crippen molar-refractivity contribution in [1.29, 1.82) is 0 Å². The molecule has 3 aromatic rings. The van der Waals surface area contributed by atoms with Crippen molar-refractivity contribution in [2.45, 2.75) is 0 Å². The second-order valence-corrected chi connectivity index (χ2v) is 6.06. The van der Waals surface area contributed by atoms with Crippen LogP contribution in [0.1, 0.15) is 5.56 Å². The third-order valence-corrected chi connectivity index (χ3v) is 4.28. The number of rotatable bonds is 3. The molecule has 7 heteroatoms. The van der Waals surface area contributed by atoms with Crippen molar-refractivity contribution in [3.05, 3.63) is 68.4 Å². The molecular formula is C15H10BrClN4S. The summed E-state index contributed by atoms with van der Waals surface area (Å²) in [6.45, 7) is 0. The first-order valence-electron chi connectivity index (χ1n) is 6.38. The van der Waals surface area contributed by atoms with Crippen molar-refractivity contribution in [2.24, 2.45) is 5.10 Å². The molecule has 3 rings (SSSR count). The molecule has 22 heavy (non-hydrogen) atoms. The van der Waals surface area contributed by atoms with E-state index >= 15 is 0 Å². The lowest BCUT2D eigenvalue weighted by molar-refractivity contribution is 0.871. The minimum absolute atomic E-state index is 0.411. The van der Waals surface area contributed by atoms with E-state index in [9.17, 15) is 0 Å². The zero-order chi connectivity index (χ0) is 15.5. The zero-order valence-corrected chi connectivity index (χ0v) is 14.4. The standard InChI is InChI=1S/C15H10BrClN4S/c16-12-7-3-2-6-11(12)14-19-20-15(22)21(14)18-9-10-5-1-4-8-13(10)17/h1-9H,(H,20,22)/b18-9+. The zero-order valence-electron chi connectivity index (χ0n) is 11.2. The fraction of sp³-hybridized carbons (Fsp3) is 0. The maximum atomic E-state index is 6.13. The average molecular weight is 394 g/mol. The molecule has 0 atom stereocenters. The third kappa shape index (κ3) is 3.04. The molecule has 1 aromatic heterocycles. The lowest BCUT2D eigenvalue weighted by Gasteiger charge is -2.03. The van der Waals surface area contributed by atoms with E-state index in [1.165, 1.54) is 0 Å². The summed E-state index contributed by atoms with van der Waals surface area (Å²) in [6, 6.07) is 15.2. The molecule has 1 heterocycles. The summed E-state index contributed by atoms with van der Waals surface area (Å²) in [6.07, 6.45) is 1.66. The van der Waals surface area contributed by atoms with Gasteiger partial charge in [-0.25, -0.2) is 5.10 Å². The number of halogens is 2. The summed E-state index contributed by atoms with van der Waals surface area (Å²) in [4.78, 5) is 0. The topological polar surface area (TPSA) is 46.0 Å². The molecule has 0 saturated carbocycles. The van der Waals surface area contributed by atoms with Crippen LogP contribution >= 0.6 is 39.7 Å². The van der Waals surface area contributed by atoms with Gasteiger partial charge in [0.25, 0.3) is 0 Å². The van der Waals surface area contributed by atoms with Gasteiger partial charge in [-0.3, -0.25) is 0 Å². The molecular weight excluding hydrogens is 384 g/mol. The van der Waals surface area contributed by atoms with Crippen LogP contribution in [0, 0.1) is 4.77 Å². The number of nitrogens with one attached hydrogen (secondary N) is 1. The first kappa shape index (κ1) is 15.1. The lowest BCUT2D eigenvalue weighted by Crippen LogP contribution is -1.96. The summed E-state index contributed by atoms with van der Waals surface area (Å²) in [5.74, 6) is 0.626. The van der Waals surface area contributed by atoms with E-state index in [0.29, 0.717) is 15.6 Å². The predicted molar refractivity (Wildman–Crippen MR) is 95.0 cm³/mol. The molecule has 4 nitrogen and oxygen atoms in total. The molecule has 0 aliphatic rings. The van der Waals surface area contributed by atoms with Crippen LogP contribution in [0.2, 0.25) is 5.02 Å². The van der Waals surface area contributed by atoms with E-state index < -0.39 is 0 Å². The maximum absolute atomic E-state index is 6.13. The van der Waals surface area contributed by atoms with Crippen molar-refractivity contribution in [3.8, 4) is 11.4 Å². The largest absolute Gasteiger partial charge is 0.250 e. The van der Waals surface area contributed by atoms with E-state index in [0.717, 1.165) is 15.6 Å². The van der Waals surface area contributed by atoms with Crippen LogP contribution in [0.25, 0.3) is 11.4 Å². The van der Waals surface area contributed by atoms with Gasteiger partial charge < -0.3 is 0 Å². The van der Waals surface area contributed by atoms with Crippen molar-refractivity contribution in [1.82, 2.24) is 14.9 Å². The Morgan fingerprint density at radius 2 is 1.91 bits per heavy atom. The molecule has 0 spiro atoms. The Balaban J connectivity index is 2.06. The minimum Gasteiger partial charge on any atom is -0.250 e. The number of H-pyrrole nitrogens is 1. The first-order chi connectivity index (χ1) is 10.7. The van der Waals surface area contributed by atoms with Crippen LogP contribution in [0.5, 0.6) is 0 Å². The van der Waals surface area contributed by atoms with Gasteiger partial charge in [0, 0.05) is 20.6 Å². The molecule has 1 N–H and O–H groups in total. The lowest BCUT2D eigenvalue weighted by atomic mass is 10.2. The predicted octanol–water partition coefficient (Wildman–Crippen LogP) is 4.91. The molecule has 0 fully saturated rings. The summed E-state index contributed by atoms with van der Waals surface area (Å²) >= 11 is 14.9. The highest BCUT2D eigenvalue weighted by Gasteiger charge is 2.10. The summed E-state index contributed by atoms with van der Waals surface area (Å²) in [7, 11) is 0. The first-order valence-corrected chi connectivity index (χ1v) is 7.96. The fourth-order valence-corrected chi connectivity index (χ4v) is 2.74. The van der Waals surface area contributed by atoms with Crippen LogP contribution in [-0.4, -0.2) is 21.1 Å². The Morgan fingerprint density at radius 3 is 2.68 bits per heavy atom. The van der Waals surface area contributed by atoms with E-state index in [-0.39, 0.29) is 0 Å². The second-order valence-electron chi connectivity index (χ2n) is 4.41. The molecule has 2 aromatic carbocycles. The van der Waals surface area contributed by atoms with Gasteiger partial charge >= 0.3 is 0 Å². The molecule has 110 valence electrons. The van der Waals surface area contributed by atoms with Gasteiger partial charge in [0.15, 0.2) is 5.82 Å². The Labute approximate surface area is 145 Å². The Morgan fingerprint density at radius 1 is 1.18 bits per heavy atom. The highest BCUT2D eigenvalue weighted by molar-refractivity contribution is 9.10. The van der Waals surface area contributed by atoms with Gasteiger partial charge in [-0.15, -0.1) is 0 Å². The van der Waals surface area contributed by atoms with Gasteiger partial charge in [0.05, 0.1) is 6.21 Å². The number of benzene rings is 2. The normalized spacial score (nSPS) is 11.2. The van der Waals surface area contributed by atoms with Crippen molar-refractivity contribution < 1.29 is 0 Å². The van der Waals surface area contributed by atoms with Crippen molar-refractivity contribution >= 4 is 46.0 Å². The van der Waals surface area contributed by atoms with Gasteiger partial charge in [0.1, 0.15) is 0 Å². The summed E-state index contributed by atoms with van der Waals surface area (Å²) < 4.78 is 2.89. The van der Waals surface area contributed by atoms with E-state index in [4.69, 9.17) is 23.8 Å². The van der Waals surface area contributed by atoms with E-state index in [1.807, 2.05) is 48.5 Å². The second kappa shape index (κ2) is 6.56. The Kier molecular flexibility index (Phi) is 4.52. The van der Waals surface area contributed by atoms with Crippen molar-refractivity contribution in [3.63, 3.8) is 0 Å². The molecule has 0 saturated heterocycles. The molecule has 0 amide bonds. The van der Waals surface area contributed by atoms with Crippen LogP contribution in [0.15, 0.2) is 58.1 Å². The van der Waals surface area contributed by atoms with Crippen LogP contribution in [0.4, 0.5) is 0 Å². The molecule has 0 radical (unpaired) electrons. The monoisotopic (exact) mass is 392 g/mol. The Hall–Kier alpha value is -1.76. The van der Waals surface area contributed by atoms with Gasteiger partial charge in [0.2, 0.25) is 4.77 Å². The Bertz CT molecular complexity index is 900. The number of hydrogen-bond acceptors (Lipinski definition) is 3. The van der Waals surface area contributed by atoms with Gasteiger partial charge in [-0.05, 0) is 30.4 Å². The quantitative estimate of drug-likeness (QED) is 0.508. The number of hydrogen-bond donors (Lipinski definition) is 1. The minimum atomic E-state index is 0.411. The van der Waals surface area contributed by atoms with Gasteiger partial charge in [-0.2, -0.15) is 14.9 Å². The molecule has 0 unspecified atom stereocenters. The van der Waals surface area contributed by atoms with Crippen LogP contribution in [-0.2, 0) is 0 Å². The van der Waals surface area contributed by atoms with E-state index in [1.54, 1.807) is 10.9 Å². The molecule has 0 aliphatic heterocycles. The number of aromatic nitrogens is 3. The number of nitrogens with zero attached hydrogens (tertiary/aromatic N) is 3. The van der Waals surface area contributed by atoms with E-state index in [2.05, 4.69) is 31.2 Å². The van der Waals surface area contributed by atoms with Gasteiger partial charge in [-0.1, -0.05) is 57.9 Å². The highest BCUT2D eigenvalue weighted by atomic mass is 79.9. The summed E-state index contributed by atoms with van der Waals surface area (Å²) in [5, 5.41) is 12.0. The third-order valence-electron chi connectivity index (χ3n) is 2.98. The van der Waals surface area contributed by atoms with Crippen molar-refractivity contribution in [2.75, 3.05) is 0 Å².